The van der Waals surface area contributed by atoms with Crippen LogP contribution in [0.15, 0.2) is 0 Å². The normalized spacial score (nSPS) is 45.2. The topological polar surface area (TPSA) is 12.0 Å². The van der Waals surface area contributed by atoms with Crippen molar-refractivity contribution in [3.63, 3.8) is 0 Å². The Balaban J connectivity index is 1.56. The van der Waals surface area contributed by atoms with Gasteiger partial charge in [0.25, 0.3) is 0 Å². The van der Waals surface area contributed by atoms with Crippen LogP contribution in [0, 0.1) is 23.2 Å². The molecule has 1 nitrogen and oxygen atoms in total. The molecule has 4 rings (SSSR count). The van der Waals surface area contributed by atoms with E-state index in [-0.39, 0.29) is 0 Å². The van der Waals surface area contributed by atoms with Crippen LogP contribution < -0.4 is 5.32 Å². The summed E-state index contributed by atoms with van der Waals surface area (Å²) in [5.41, 5.74) is 0.762. The van der Waals surface area contributed by atoms with Gasteiger partial charge in [-0.15, -0.1) is 0 Å². The van der Waals surface area contributed by atoms with Gasteiger partial charge in [0.15, 0.2) is 0 Å². The van der Waals surface area contributed by atoms with Gasteiger partial charge in [0, 0.05) is 12.3 Å². The molecule has 4 fully saturated rings. The monoisotopic (exact) mass is 239 g/mol. The van der Waals surface area contributed by atoms with Crippen LogP contribution in [-0.2, 0) is 0 Å². The molecule has 0 spiro atoms. The van der Waals surface area contributed by atoms with Gasteiger partial charge in [-0.2, -0.15) is 12.6 Å². The van der Waals surface area contributed by atoms with Crippen LogP contribution >= 0.6 is 12.6 Å². The standard InChI is InChI=1S/C14H25NS/c16-4-3-15-2-1-14-8-11-5-12(9-14)7-13(6-11)10-14/h11-13,15-16H,1-10H2. The van der Waals surface area contributed by atoms with E-state index in [9.17, 15) is 0 Å². The lowest BCUT2D eigenvalue weighted by atomic mass is 9.49. The second-order valence-corrected chi connectivity index (χ2v) is 7.09. The third-order valence-corrected chi connectivity index (χ3v) is 5.51. The second-order valence-electron chi connectivity index (χ2n) is 6.64. The van der Waals surface area contributed by atoms with E-state index in [0.717, 1.165) is 35.5 Å². The van der Waals surface area contributed by atoms with Crippen LogP contribution in [0.5, 0.6) is 0 Å². The molecule has 0 aromatic rings. The summed E-state index contributed by atoms with van der Waals surface area (Å²) in [6, 6.07) is 0. The number of hydrogen-bond donors (Lipinski definition) is 2. The summed E-state index contributed by atoms with van der Waals surface area (Å²) in [5, 5.41) is 3.53. The quantitative estimate of drug-likeness (QED) is 0.555. The summed E-state index contributed by atoms with van der Waals surface area (Å²) >= 11 is 4.25. The molecule has 0 aromatic heterocycles. The van der Waals surface area contributed by atoms with Gasteiger partial charge in [-0.05, 0) is 74.7 Å². The zero-order valence-electron chi connectivity index (χ0n) is 10.3. The Morgan fingerprint density at radius 1 is 0.938 bits per heavy atom. The van der Waals surface area contributed by atoms with E-state index < -0.39 is 0 Å². The predicted molar refractivity (Wildman–Crippen MR) is 71.9 cm³/mol. The molecule has 0 heterocycles. The molecule has 4 bridgehead atoms. The highest BCUT2D eigenvalue weighted by Gasteiger charge is 2.50. The van der Waals surface area contributed by atoms with Gasteiger partial charge in [0.1, 0.15) is 0 Å². The van der Waals surface area contributed by atoms with Crippen LogP contribution in [-0.4, -0.2) is 18.8 Å². The van der Waals surface area contributed by atoms with Crippen molar-refractivity contribution >= 4 is 12.6 Å². The number of hydrogen-bond acceptors (Lipinski definition) is 2. The molecule has 0 amide bonds. The molecule has 0 unspecified atom stereocenters. The first-order valence-electron chi connectivity index (χ1n) is 7.11. The van der Waals surface area contributed by atoms with Crippen molar-refractivity contribution in [1.29, 1.82) is 0 Å². The molecule has 0 aromatic carbocycles. The fraction of sp³-hybridized carbons (Fsp3) is 1.00. The van der Waals surface area contributed by atoms with Crippen molar-refractivity contribution in [3.05, 3.63) is 0 Å². The number of rotatable bonds is 5. The number of nitrogens with one attached hydrogen (secondary N) is 1. The van der Waals surface area contributed by atoms with Crippen molar-refractivity contribution < 1.29 is 0 Å². The van der Waals surface area contributed by atoms with Crippen LogP contribution in [0.2, 0.25) is 0 Å². The molecular weight excluding hydrogens is 214 g/mol. The molecule has 0 atom stereocenters. The third-order valence-electron chi connectivity index (χ3n) is 5.29. The first-order chi connectivity index (χ1) is 7.80. The highest BCUT2D eigenvalue weighted by Crippen LogP contribution is 2.61. The smallest absolute Gasteiger partial charge is 0.00397 e. The maximum absolute atomic E-state index is 4.25. The lowest BCUT2D eigenvalue weighted by molar-refractivity contribution is -0.0566. The average molecular weight is 239 g/mol. The molecule has 92 valence electrons. The van der Waals surface area contributed by atoms with E-state index in [4.69, 9.17) is 0 Å². The fourth-order valence-electron chi connectivity index (χ4n) is 5.15. The minimum Gasteiger partial charge on any atom is -0.316 e. The van der Waals surface area contributed by atoms with E-state index in [0.29, 0.717) is 0 Å². The Kier molecular flexibility index (Phi) is 3.23. The third kappa shape index (κ3) is 2.15. The largest absolute Gasteiger partial charge is 0.316 e. The van der Waals surface area contributed by atoms with Crippen LogP contribution in [0.4, 0.5) is 0 Å². The fourth-order valence-corrected chi connectivity index (χ4v) is 5.31. The minimum absolute atomic E-state index is 0.762. The molecule has 0 aliphatic heterocycles. The molecule has 0 saturated heterocycles. The van der Waals surface area contributed by atoms with Gasteiger partial charge in [-0.25, -0.2) is 0 Å². The second kappa shape index (κ2) is 4.53. The van der Waals surface area contributed by atoms with Crippen molar-refractivity contribution in [2.75, 3.05) is 18.8 Å². The van der Waals surface area contributed by atoms with Crippen LogP contribution in [0.1, 0.15) is 44.9 Å². The summed E-state index contributed by atoms with van der Waals surface area (Å²) in [7, 11) is 0. The van der Waals surface area contributed by atoms with E-state index in [1.165, 1.54) is 13.0 Å². The first-order valence-corrected chi connectivity index (χ1v) is 7.74. The maximum Gasteiger partial charge on any atom is 0.00397 e. The maximum atomic E-state index is 4.25. The molecule has 4 saturated carbocycles. The van der Waals surface area contributed by atoms with Gasteiger partial charge in [-0.3, -0.25) is 0 Å². The Hall–Kier alpha value is 0.310. The van der Waals surface area contributed by atoms with Crippen LogP contribution in [0.25, 0.3) is 0 Å². The Morgan fingerprint density at radius 3 is 2.00 bits per heavy atom. The summed E-state index contributed by atoms with van der Waals surface area (Å²) < 4.78 is 0. The van der Waals surface area contributed by atoms with Crippen molar-refractivity contribution in [3.8, 4) is 0 Å². The van der Waals surface area contributed by atoms with Gasteiger partial charge in [0.2, 0.25) is 0 Å². The Morgan fingerprint density at radius 2 is 1.50 bits per heavy atom. The summed E-state index contributed by atoms with van der Waals surface area (Å²) in [6.07, 6.45) is 10.8. The zero-order valence-corrected chi connectivity index (χ0v) is 11.1. The summed E-state index contributed by atoms with van der Waals surface area (Å²) in [4.78, 5) is 0. The molecular formula is C14H25NS. The van der Waals surface area contributed by atoms with Gasteiger partial charge < -0.3 is 5.32 Å². The van der Waals surface area contributed by atoms with Crippen LogP contribution in [0.3, 0.4) is 0 Å². The number of thiol groups is 1. The van der Waals surface area contributed by atoms with Gasteiger partial charge >= 0.3 is 0 Å². The van der Waals surface area contributed by atoms with E-state index in [2.05, 4.69) is 17.9 Å². The molecule has 1 N–H and O–H groups in total. The first kappa shape index (κ1) is 11.4. The van der Waals surface area contributed by atoms with Gasteiger partial charge in [-0.1, -0.05) is 0 Å². The molecule has 4 aliphatic rings. The Bertz CT molecular complexity index is 216. The van der Waals surface area contributed by atoms with E-state index >= 15 is 0 Å². The van der Waals surface area contributed by atoms with E-state index in [1.807, 2.05) is 0 Å². The lowest BCUT2D eigenvalue weighted by Gasteiger charge is -2.57. The van der Waals surface area contributed by atoms with Crippen molar-refractivity contribution in [2.24, 2.45) is 23.2 Å². The van der Waals surface area contributed by atoms with Crippen molar-refractivity contribution in [2.45, 2.75) is 44.9 Å². The molecule has 16 heavy (non-hydrogen) atoms. The molecule has 2 heteroatoms. The highest BCUT2D eigenvalue weighted by molar-refractivity contribution is 7.80. The molecule has 4 aliphatic carbocycles. The lowest BCUT2D eigenvalue weighted by Crippen LogP contribution is -2.47. The summed E-state index contributed by atoms with van der Waals surface area (Å²) in [5.74, 6) is 4.30. The predicted octanol–water partition coefficient (Wildman–Crippen LogP) is 3.11. The molecule has 0 radical (unpaired) electrons. The minimum atomic E-state index is 0.762. The van der Waals surface area contributed by atoms with Crippen molar-refractivity contribution in [1.82, 2.24) is 5.32 Å². The highest BCUT2D eigenvalue weighted by atomic mass is 32.1. The van der Waals surface area contributed by atoms with E-state index in [1.54, 1.807) is 38.5 Å². The van der Waals surface area contributed by atoms with Gasteiger partial charge in [0.05, 0.1) is 0 Å². The zero-order chi connectivity index (χ0) is 11.0. The summed E-state index contributed by atoms with van der Waals surface area (Å²) in [6.45, 7) is 2.31. The Labute approximate surface area is 105 Å². The average Bonchev–Trinajstić information content (AvgIpc) is 2.22. The SMILES string of the molecule is SCCNCCC12CC3CC(CC(C3)C1)C2.